The smallest absolute Gasteiger partial charge is 0.263 e. The summed E-state index contributed by atoms with van der Waals surface area (Å²) >= 11 is 0. The molecule has 8 nitrogen and oxygen atoms in total. The minimum atomic E-state index is -3.67. The topological polar surface area (TPSA) is 105 Å². The first kappa shape index (κ1) is 21.8. The summed E-state index contributed by atoms with van der Waals surface area (Å²) in [5.41, 5.74) is 3.91. The Morgan fingerprint density at radius 2 is 1.71 bits per heavy atom. The van der Waals surface area contributed by atoms with Crippen molar-refractivity contribution in [3.05, 3.63) is 84.7 Å². The van der Waals surface area contributed by atoms with Crippen LogP contribution in [0.3, 0.4) is 0 Å². The van der Waals surface area contributed by atoms with Gasteiger partial charge in [-0.15, -0.1) is 0 Å². The van der Waals surface area contributed by atoms with Gasteiger partial charge in [0.2, 0.25) is 5.91 Å². The summed E-state index contributed by atoms with van der Waals surface area (Å²) in [5, 5.41) is 2.90. The highest BCUT2D eigenvalue weighted by molar-refractivity contribution is 7.90. The van der Waals surface area contributed by atoms with E-state index in [0.29, 0.717) is 11.3 Å². The van der Waals surface area contributed by atoms with Crippen molar-refractivity contribution in [1.82, 2.24) is 14.3 Å². The van der Waals surface area contributed by atoms with Crippen LogP contribution < -0.4 is 10.0 Å². The Morgan fingerprint density at radius 3 is 2.47 bits per heavy atom. The predicted molar refractivity (Wildman–Crippen MR) is 132 cm³/mol. The molecule has 2 heterocycles. The molecule has 0 radical (unpaired) electrons. The second-order valence-corrected chi connectivity index (χ2v) is 10.1. The molecule has 9 heteroatoms. The third kappa shape index (κ3) is 3.94. The fourth-order valence-corrected chi connectivity index (χ4v) is 5.20. The monoisotopic (exact) mass is 473 g/mol. The van der Waals surface area contributed by atoms with E-state index in [1.807, 2.05) is 66.9 Å². The van der Waals surface area contributed by atoms with Crippen LogP contribution >= 0.6 is 0 Å². The highest BCUT2D eigenvalue weighted by atomic mass is 32.2. The maximum Gasteiger partial charge on any atom is 0.263 e. The van der Waals surface area contributed by atoms with Crippen LogP contribution in [-0.2, 0) is 14.8 Å². The lowest BCUT2D eigenvalue weighted by Crippen LogP contribution is -2.34. The molecular formula is C25H23N5O3S. The lowest BCUT2D eigenvalue weighted by Gasteiger charge is -2.17. The molecule has 0 saturated heterocycles. The van der Waals surface area contributed by atoms with Crippen molar-refractivity contribution in [3.8, 4) is 5.69 Å². The first-order valence-corrected chi connectivity index (χ1v) is 12.4. The molecule has 3 aromatic carbocycles. The van der Waals surface area contributed by atoms with Crippen LogP contribution in [0.1, 0.15) is 19.4 Å². The van der Waals surface area contributed by atoms with E-state index >= 15 is 0 Å². The van der Waals surface area contributed by atoms with Gasteiger partial charge in [-0.25, -0.2) is 13.4 Å². The molecule has 0 fully saturated rings. The second kappa shape index (κ2) is 8.42. The predicted octanol–water partition coefficient (Wildman–Crippen LogP) is 3.73. The Labute approximate surface area is 197 Å². The van der Waals surface area contributed by atoms with Crippen LogP contribution in [0, 0.1) is 5.92 Å². The molecule has 1 amide bonds. The molecule has 0 saturated carbocycles. The van der Waals surface area contributed by atoms with Gasteiger partial charge < -0.3 is 5.32 Å². The van der Waals surface area contributed by atoms with Gasteiger partial charge in [-0.2, -0.15) is 0 Å². The van der Waals surface area contributed by atoms with Crippen molar-refractivity contribution in [2.24, 2.45) is 10.9 Å². The molecule has 0 unspecified atom stereocenters. The number of imidazole rings is 1. The van der Waals surface area contributed by atoms with E-state index in [0.717, 1.165) is 16.7 Å². The number of hydrogen-bond donors (Lipinski definition) is 2. The van der Waals surface area contributed by atoms with E-state index in [9.17, 15) is 13.2 Å². The van der Waals surface area contributed by atoms with Gasteiger partial charge in [0.25, 0.3) is 10.0 Å². The average molecular weight is 474 g/mol. The van der Waals surface area contributed by atoms with Crippen LogP contribution in [0.2, 0.25) is 0 Å². The van der Waals surface area contributed by atoms with Crippen molar-refractivity contribution in [2.45, 2.75) is 24.8 Å². The van der Waals surface area contributed by atoms with Gasteiger partial charge in [0.05, 0.1) is 15.9 Å². The molecule has 4 aromatic rings. The minimum absolute atomic E-state index is 0.152. The van der Waals surface area contributed by atoms with Gasteiger partial charge in [0.15, 0.2) is 0 Å². The zero-order valence-corrected chi connectivity index (χ0v) is 19.5. The second-order valence-electron chi connectivity index (χ2n) is 8.41. The van der Waals surface area contributed by atoms with Crippen LogP contribution in [-0.4, -0.2) is 35.8 Å². The lowest BCUT2D eigenvalue weighted by atomic mass is 10.0. The van der Waals surface area contributed by atoms with Crippen molar-refractivity contribution >= 4 is 38.5 Å². The molecule has 1 aliphatic rings. The normalized spacial score (nSPS) is 16.4. The number of rotatable bonds is 5. The fraction of sp³-hybridized carbons (Fsp3) is 0.160. The standard InChI is InChI=1S/C25H23N5O3S/c1-16(2)23(28-24-19-7-3-6-10-22(19)34(32,33)29-24)25(31)27-17-11-13-18(14-12-17)30-15-26-20-8-4-5-9-21(20)30/h3-16,23H,1-2H3,(H,27,31)(H,28,29)/t23-/m0/s1. The van der Waals surface area contributed by atoms with Crippen LogP contribution in [0.15, 0.2) is 89.0 Å². The number of nitrogens with zero attached hydrogens (tertiary/aromatic N) is 3. The molecule has 172 valence electrons. The zero-order chi connectivity index (χ0) is 23.9. The van der Waals surface area contributed by atoms with Crippen molar-refractivity contribution in [3.63, 3.8) is 0 Å². The Hall–Kier alpha value is -3.98. The summed E-state index contributed by atoms with van der Waals surface area (Å²) < 4.78 is 29.2. The fourth-order valence-electron chi connectivity index (χ4n) is 3.97. The maximum absolute atomic E-state index is 13.1. The Morgan fingerprint density at radius 1 is 1.00 bits per heavy atom. The number of anilines is 1. The largest absolute Gasteiger partial charge is 0.324 e. The number of carbonyl (C=O) groups excluding carboxylic acids is 1. The maximum atomic E-state index is 13.1. The first-order chi connectivity index (χ1) is 16.3. The van der Waals surface area contributed by atoms with Gasteiger partial charge in [-0.05, 0) is 54.4 Å². The summed E-state index contributed by atoms with van der Waals surface area (Å²) in [6.45, 7) is 3.74. The lowest BCUT2D eigenvalue weighted by molar-refractivity contribution is -0.118. The van der Waals surface area contributed by atoms with E-state index in [2.05, 4.69) is 20.0 Å². The highest BCUT2D eigenvalue weighted by Crippen LogP contribution is 2.24. The number of amides is 1. The Kier molecular flexibility index (Phi) is 5.41. The molecule has 1 atom stereocenters. The summed E-state index contributed by atoms with van der Waals surface area (Å²) in [6, 6.07) is 21.1. The summed E-state index contributed by atoms with van der Waals surface area (Å²) in [5.74, 6) is -0.278. The minimum Gasteiger partial charge on any atom is -0.324 e. The first-order valence-electron chi connectivity index (χ1n) is 10.9. The Balaban J connectivity index is 1.38. The van der Waals surface area contributed by atoms with Gasteiger partial charge in [-0.1, -0.05) is 38.1 Å². The molecule has 0 spiro atoms. The summed E-state index contributed by atoms with van der Waals surface area (Å²) in [6.07, 6.45) is 1.77. The van der Waals surface area contributed by atoms with Crippen LogP contribution in [0.5, 0.6) is 0 Å². The third-order valence-electron chi connectivity index (χ3n) is 5.70. The average Bonchev–Trinajstić information content (AvgIpc) is 3.36. The number of aliphatic imine (C=N–C) groups is 1. The van der Waals surface area contributed by atoms with E-state index in [1.54, 1.807) is 24.5 Å². The number of nitrogens with one attached hydrogen (secondary N) is 2. The van der Waals surface area contributed by atoms with E-state index < -0.39 is 16.1 Å². The van der Waals surface area contributed by atoms with Crippen LogP contribution in [0.4, 0.5) is 5.69 Å². The van der Waals surface area contributed by atoms with Gasteiger partial charge in [0.1, 0.15) is 18.2 Å². The van der Waals surface area contributed by atoms with E-state index in [-0.39, 0.29) is 22.6 Å². The quantitative estimate of drug-likeness (QED) is 0.461. The molecule has 0 aliphatic carbocycles. The van der Waals surface area contributed by atoms with E-state index in [1.165, 1.54) is 6.07 Å². The zero-order valence-electron chi connectivity index (χ0n) is 18.6. The number of hydrogen-bond acceptors (Lipinski definition) is 5. The molecule has 0 bridgehead atoms. The van der Waals surface area contributed by atoms with Crippen molar-refractivity contribution < 1.29 is 13.2 Å². The number of sulfonamides is 1. The number of carbonyl (C=O) groups is 1. The summed E-state index contributed by atoms with van der Waals surface area (Å²) in [7, 11) is -3.67. The molecular weight excluding hydrogens is 450 g/mol. The molecule has 1 aromatic heterocycles. The van der Waals surface area contributed by atoms with Crippen LogP contribution in [0.25, 0.3) is 16.7 Å². The molecule has 1 aliphatic heterocycles. The third-order valence-corrected chi connectivity index (χ3v) is 7.09. The number of fused-ring (bicyclic) bond motifs is 2. The van der Waals surface area contributed by atoms with Gasteiger partial charge in [-0.3, -0.25) is 19.1 Å². The van der Waals surface area contributed by atoms with Gasteiger partial charge >= 0.3 is 0 Å². The SMILES string of the molecule is CC(C)[C@H](N=C1NS(=O)(=O)c2ccccc21)C(=O)Nc1ccc(-n2cnc3ccccc32)cc1. The van der Waals surface area contributed by atoms with Crippen molar-refractivity contribution in [1.29, 1.82) is 0 Å². The molecule has 2 N–H and O–H groups in total. The molecule has 34 heavy (non-hydrogen) atoms. The number of amidine groups is 1. The van der Waals surface area contributed by atoms with Crippen molar-refractivity contribution in [2.75, 3.05) is 5.32 Å². The highest BCUT2D eigenvalue weighted by Gasteiger charge is 2.32. The number of benzene rings is 3. The molecule has 5 rings (SSSR count). The van der Waals surface area contributed by atoms with Gasteiger partial charge in [0, 0.05) is 16.9 Å². The summed E-state index contributed by atoms with van der Waals surface area (Å²) in [4.78, 5) is 22.2. The number of para-hydroxylation sites is 2. The Bertz CT molecular complexity index is 1520. The number of aromatic nitrogens is 2. The van der Waals surface area contributed by atoms with E-state index in [4.69, 9.17) is 0 Å².